The number of hydrogen-bond donors (Lipinski definition) is 1. The third-order valence-corrected chi connectivity index (χ3v) is 2.90. The maximum atomic E-state index is 13.6. The largest absolute Gasteiger partial charge is 0.454 e. The molecule has 0 spiro atoms. The fourth-order valence-corrected chi connectivity index (χ4v) is 1.87. The molecule has 0 aliphatic rings. The molecule has 0 aliphatic carbocycles. The summed E-state index contributed by atoms with van der Waals surface area (Å²) in [6.07, 6.45) is 0.935. The van der Waals surface area contributed by atoms with Crippen LogP contribution in [-0.2, 0) is 6.54 Å². The minimum Gasteiger partial charge on any atom is -0.454 e. The van der Waals surface area contributed by atoms with Crippen LogP contribution in [0, 0.1) is 17.5 Å². The standard InChI is InChI=1S/C16H16F3NO/c1-2-8-20-10-11-9-12(17)6-7-14(11)21-15-5-3-4-13(18)16(15)19/h3-7,9,20H,2,8,10H2,1H3. The van der Waals surface area contributed by atoms with Crippen molar-refractivity contribution < 1.29 is 17.9 Å². The normalized spacial score (nSPS) is 10.7. The molecule has 1 N–H and O–H groups in total. The Bertz CT molecular complexity index is 616. The minimum absolute atomic E-state index is 0.224. The number of benzene rings is 2. The van der Waals surface area contributed by atoms with Crippen LogP contribution < -0.4 is 10.1 Å². The topological polar surface area (TPSA) is 21.3 Å². The summed E-state index contributed by atoms with van der Waals surface area (Å²) in [4.78, 5) is 0. The smallest absolute Gasteiger partial charge is 0.201 e. The molecule has 0 bridgehead atoms. The SMILES string of the molecule is CCCNCc1cc(F)ccc1Oc1cccc(F)c1F. The van der Waals surface area contributed by atoms with Gasteiger partial charge in [0.1, 0.15) is 11.6 Å². The van der Waals surface area contributed by atoms with Gasteiger partial charge in [-0.05, 0) is 43.3 Å². The van der Waals surface area contributed by atoms with E-state index in [1.165, 1.54) is 30.3 Å². The lowest BCUT2D eigenvalue weighted by Crippen LogP contribution is -2.14. The average Bonchev–Trinajstić information content (AvgIpc) is 2.46. The Balaban J connectivity index is 2.24. The van der Waals surface area contributed by atoms with Crippen molar-refractivity contribution in [2.24, 2.45) is 0 Å². The molecule has 0 unspecified atom stereocenters. The Labute approximate surface area is 121 Å². The van der Waals surface area contributed by atoms with Gasteiger partial charge in [0.2, 0.25) is 5.82 Å². The third-order valence-electron chi connectivity index (χ3n) is 2.90. The molecule has 0 aromatic heterocycles. The van der Waals surface area contributed by atoms with E-state index in [-0.39, 0.29) is 5.75 Å². The highest BCUT2D eigenvalue weighted by Gasteiger charge is 2.12. The third kappa shape index (κ3) is 3.98. The van der Waals surface area contributed by atoms with E-state index < -0.39 is 17.5 Å². The van der Waals surface area contributed by atoms with Crippen molar-refractivity contribution in [1.82, 2.24) is 5.32 Å². The van der Waals surface area contributed by atoms with Crippen LogP contribution in [0.3, 0.4) is 0 Å². The molecule has 2 aromatic carbocycles. The molecule has 0 radical (unpaired) electrons. The molecule has 2 rings (SSSR count). The van der Waals surface area contributed by atoms with Gasteiger partial charge < -0.3 is 10.1 Å². The lowest BCUT2D eigenvalue weighted by atomic mass is 10.2. The fourth-order valence-electron chi connectivity index (χ4n) is 1.87. The van der Waals surface area contributed by atoms with Gasteiger partial charge in [0.15, 0.2) is 11.6 Å². The Morgan fingerprint density at radius 1 is 1.05 bits per heavy atom. The summed E-state index contributed by atoms with van der Waals surface area (Å²) in [6, 6.07) is 7.63. The summed E-state index contributed by atoms with van der Waals surface area (Å²) in [5, 5.41) is 3.12. The molecular weight excluding hydrogens is 279 g/mol. The van der Waals surface area contributed by atoms with Crippen LogP contribution in [0.2, 0.25) is 0 Å². The van der Waals surface area contributed by atoms with Gasteiger partial charge in [-0.3, -0.25) is 0 Å². The van der Waals surface area contributed by atoms with Crippen LogP contribution in [0.25, 0.3) is 0 Å². The lowest BCUT2D eigenvalue weighted by molar-refractivity contribution is 0.411. The molecule has 112 valence electrons. The molecule has 0 amide bonds. The Hall–Kier alpha value is -2.01. The van der Waals surface area contributed by atoms with Crippen LogP contribution in [-0.4, -0.2) is 6.54 Å². The number of nitrogens with one attached hydrogen (secondary N) is 1. The number of rotatable bonds is 6. The van der Waals surface area contributed by atoms with Gasteiger partial charge in [-0.25, -0.2) is 8.78 Å². The Kier molecular flexibility index (Phi) is 5.22. The van der Waals surface area contributed by atoms with E-state index in [4.69, 9.17) is 4.74 Å². The first kappa shape index (κ1) is 15.4. The zero-order valence-electron chi connectivity index (χ0n) is 11.6. The minimum atomic E-state index is -1.06. The molecule has 2 aromatic rings. The van der Waals surface area contributed by atoms with Crippen LogP contribution >= 0.6 is 0 Å². The zero-order chi connectivity index (χ0) is 15.2. The maximum Gasteiger partial charge on any atom is 0.201 e. The van der Waals surface area contributed by atoms with Crippen molar-refractivity contribution in [3.05, 3.63) is 59.4 Å². The van der Waals surface area contributed by atoms with E-state index in [0.29, 0.717) is 17.9 Å². The van der Waals surface area contributed by atoms with Gasteiger partial charge >= 0.3 is 0 Å². The second-order valence-electron chi connectivity index (χ2n) is 4.58. The van der Waals surface area contributed by atoms with Crippen molar-refractivity contribution in [2.75, 3.05) is 6.54 Å². The van der Waals surface area contributed by atoms with Crippen LogP contribution in [0.1, 0.15) is 18.9 Å². The quantitative estimate of drug-likeness (QED) is 0.798. The number of halogens is 3. The molecule has 2 nitrogen and oxygen atoms in total. The number of ether oxygens (including phenoxy) is 1. The highest BCUT2D eigenvalue weighted by molar-refractivity contribution is 5.38. The van der Waals surface area contributed by atoms with E-state index in [9.17, 15) is 13.2 Å². The van der Waals surface area contributed by atoms with Gasteiger partial charge in [0.25, 0.3) is 0 Å². The molecule has 0 saturated heterocycles. The van der Waals surface area contributed by atoms with Crippen LogP contribution in [0.15, 0.2) is 36.4 Å². The Morgan fingerprint density at radius 3 is 2.62 bits per heavy atom. The van der Waals surface area contributed by atoms with E-state index in [1.54, 1.807) is 0 Å². The summed E-state index contributed by atoms with van der Waals surface area (Å²) in [7, 11) is 0. The highest BCUT2D eigenvalue weighted by Crippen LogP contribution is 2.29. The van der Waals surface area contributed by atoms with Gasteiger partial charge in [0.05, 0.1) is 0 Å². The summed E-state index contributed by atoms with van der Waals surface area (Å²) in [6.45, 7) is 3.17. The monoisotopic (exact) mass is 295 g/mol. The molecule has 0 heterocycles. The lowest BCUT2D eigenvalue weighted by Gasteiger charge is -2.12. The molecule has 0 saturated carbocycles. The summed E-state index contributed by atoms with van der Waals surface area (Å²) in [5.74, 6) is -2.38. The maximum absolute atomic E-state index is 13.6. The van der Waals surface area contributed by atoms with Crippen molar-refractivity contribution in [2.45, 2.75) is 19.9 Å². The van der Waals surface area contributed by atoms with Gasteiger partial charge in [-0.1, -0.05) is 13.0 Å². The molecule has 0 atom stereocenters. The predicted molar refractivity (Wildman–Crippen MR) is 74.8 cm³/mol. The molecule has 0 aliphatic heterocycles. The predicted octanol–water partition coefficient (Wildman–Crippen LogP) is 4.40. The fraction of sp³-hybridized carbons (Fsp3) is 0.250. The van der Waals surface area contributed by atoms with E-state index >= 15 is 0 Å². The average molecular weight is 295 g/mol. The van der Waals surface area contributed by atoms with E-state index in [0.717, 1.165) is 19.0 Å². The second kappa shape index (κ2) is 7.13. The van der Waals surface area contributed by atoms with E-state index in [2.05, 4.69) is 5.32 Å². The molecular formula is C16H16F3NO. The first-order valence-corrected chi connectivity index (χ1v) is 6.73. The first-order valence-electron chi connectivity index (χ1n) is 6.73. The van der Waals surface area contributed by atoms with Gasteiger partial charge in [-0.2, -0.15) is 4.39 Å². The first-order chi connectivity index (χ1) is 10.1. The second-order valence-corrected chi connectivity index (χ2v) is 4.58. The van der Waals surface area contributed by atoms with Crippen LogP contribution in [0.5, 0.6) is 11.5 Å². The van der Waals surface area contributed by atoms with Crippen molar-refractivity contribution in [3.63, 3.8) is 0 Å². The molecule has 21 heavy (non-hydrogen) atoms. The van der Waals surface area contributed by atoms with Gasteiger partial charge in [-0.15, -0.1) is 0 Å². The van der Waals surface area contributed by atoms with Crippen LogP contribution in [0.4, 0.5) is 13.2 Å². The summed E-state index contributed by atoms with van der Waals surface area (Å²) < 4.78 is 45.5. The molecule has 0 fully saturated rings. The highest BCUT2D eigenvalue weighted by atomic mass is 19.2. The summed E-state index contributed by atoms with van der Waals surface area (Å²) in [5.41, 5.74) is 0.548. The van der Waals surface area contributed by atoms with Crippen molar-refractivity contribution >= 4 is 0 Å². The zero-order valence-corrected chi connectivity index (χ0v) is 11.6. The van der Waals surface area contributed by atoms with Crippen molar-refractivity contribution in [1.29, 1.82) is 0 Å². The Morgan fingerprint density at radius 2 is 1.86 bits per heavy atom. The van der Waals surface area contributed by atoms with E-state index in [1.807, 2.05) is 6.92 Å². The number of hydrogen-bond acceptors (Lipinski definition) is 2. The van der Waals surface area contributed by atoms with Gasteiger partial charge in [0, 0.05) is 12.1 Å². The molecule has 5 heteroatoms. The van der Waals surface area contributed by atoms with Crippen molar-refractivity contribution in [3.8, 4) is 11.5 Å². The summed E-state index contributed by atoms with van der Waals surface area (Å²) >= 11 is 0.